The first-order valence-electron chi connectivity index (χ1n) is 7.63. The number of benzene rings is 1. The van der Waals surface area contributed by atoms with Crippen LogP contribution in [0.2, 0.25) is 0 Å². The molecule has 1 aromatic carbocycles. The van der Waals surface area contributed by atoms with Gasteiger partial charge in [0, 0.05) is 32.2 Å². The number of nitrogens with zero attached hydrogens (tertiary/aromatic N) is 2. The van der Waals surface area contributed by atoms with Crippen LogP contribution < -0.4 is 5.32 Å². The first-order chi connectivity index (χ1) is 10.2. The van der Waals surface area contributed by atoms with Crippen molar-refractivity contribution in [1.82, 2.24) is 9.55 Å². The van der Waals surface area contributed by atoms with Crippen LogP contribution in [0.3, 0.4) is 0 Å². The molecule has 114 valence electrons. The lowest BCUT2D eigenvalue weighted by atomic mass is 10.0. The molecule has 0 aliphatic rings. The highest BCUT2D eigenvalue weighted by Gasteiger charge is 2.10. The maximum atomic E-state index is 5.38. The van der Waals surface area contributed by atoms with Crippen LogP contribution in [0.25, 0.3) is 0 Å². The molecule has 0 spiro atoms. The molecule has 1 aromatic heterocycles. The number of ether oxygens (including phenoxy) is 1. The summed E-state index contributed by atoms with van der Waals surface area (Å²) in [6.45, 7) is 8.82. The third kappa shape index (κ3) is 4.33. The van der Waals surface area contributed by atoms with E-state index in [1.54, 1.807) is 0 Å². The molecular weight excluding hydrogens is 262 g/mol. The van der Waals surface area contributed by atoms with E-state index in [1.165, 1.54) is 11.1 Å². The number of hydrogen-bond acceptors (Lipinski definition) is 3. The Morgan fingerprint density at radius 2 is 2.14 bits per heavy atom. The first kappa shape index (κ1) is 15.6. The second kappa shape index (κ2) is 7.84. The Hall–Kier alpha value is -1.81. The molecule has 1 unspecified atom stereocenters. The molecule has 0 amide bonds. The number of hydrogen-bond donors (Lipinski definition) is 1. The van der Waals surface area contributed by atoms with Gasteiger partial charge < -0.3 is 14.6 Å². The first-order valence-corrected chi connectivity index (χ1v) is 7.63. The second-order valence-corrected chi connectivity index (χ2v) is 5.22. The number of imidazole rings is 1. The predicted octanol–water partition coefficient (Wildman–Crippen LogP) is 3.79. The molecule has 21 heavy (non-hydrogen) atoms. The highest BCUT2D eigenvalue weighted by molar-refractivity contribution is 5.36. The van der Waals surface area contributed by atoms with Crippen molar-refractivity contribution in [3.63, 3.8) is 0 Å². The van der Waals surface area contributed by atoms with E-state index in [4.69, 9.17) is 4.74 Å². The Morgan fingerprint density at radius 1 is 1.33 bits per heavy atom. The van der Waals surface area contributed by atoms with Gasteiger partial charge in [0.25, 0.3) is 0 Å². The van der Waals surface area contributed by atoms with E-state index in [-0.39, 0.29) is 6.04 Å². The summed E-state index contributed by atoms with van der Waals surface area (Å²) in [7, 11) is 0. The minimum absolute atomic E-state index is 0.235. The average Bonchev–Trinajstić information content (AvgIpc) is 2.91. The predicted molar refractivity (Wildman–Crippen MR) is 86.6 cm³/mol. The molecule has 0 saturated carbocycles. The average molecular weight is 287 g/mol. The molecule has 0 aliphatic carbocycles. The van der Waals surface area contributed by atoms with E-state index >= 15 is 0 Å². The zero-order valence-corrected chi connectivity index (χ0v) is 13.2. The molecule has 1 heterocycles. The summed E-state index contributed by atoms with van der Waals surface area (Å²) < 4.78 is 7.53. The lowest BCUT2D eigenvalue weighted by Crippen LogP contribution is -2.13. The van der Waals surface area contributed by atoms with Crippen LogP contribution in [0.5, 0.6) is 0 Å². The van der Waals surface area contributed by atoms with Crippen molar-refractivity contribution >= 4 is 5.95 Å². The summed E-state index contributed by atoms with van der Waals surface area (Å²) in [6, 6.07) is 8.69. The third-order valence-corrected chi connectivity index (χ3v) is 3.61. The summed E-state index contributed by atoms with van der Waals surface area (Å²) in [6.07, 6.45) is 4.85. The molecule has 0 saturated heterocycles. The Morgan fingerprint density at radius 3 is 2.90 bits per heavy atom. The fourth-order valence-electron chi connectivity index (χ4n) is 2.46. The number of aryl methyl sites for hydroxylation is 2. The van der Waals surface area contributed by atoms with Crippen molar-refractivity contribution in [2.24, 2.45) is 0 Å². The van der Waals surface area contributed by atoms with Gasteiger partial charge >= 0.3 is 0 Å². The summed E-state index contributed by atoms with van der Waals surface area (Å²) in [4.78, 5) is 4.42. The van der Waals surface area contributed by atoms with Gasteiger partial charge in [-0.3, -0.25) is 0 Å². The lowest BCUT2D eigenvalue weighted by Gasteiger charge is -2.18. The normalized spacial score (nSPS) is 12.3. The van der Waals surface area contributed by atoms with E-state index in [0.29, 0.717) is 0 Å². The Bertz CT molecular complexity index is 550. The van der Waals surface area contributed by atoms with Crippen LogP contribution in [0.1, 0.15) is 37.4 Å². The van der Waals surface area contributed by atoms with E-state index in [0.717, 1.165) is 32.1 Å². The summed E-state index contributed by atoms with van der Waals surface area (Å²) in [5.41, 5.74) is 2.60. The maximum absolute atomic E-state index is 5.38. The van der Waals surface area contributed by atoms with Gasteiger partial charge in [-0.05, 0) is 38.3 Å². The second-order valence-electron chi connectivity index (χ2n) is 5.22. The highest BCUT2D eigenvalue weighted by atomic mass is 16.5. The van der Waals surface area contributed by atoms with Crippen molar-refractivity contribution in [1.29, 1.82) is 0 Å². The lowest BCUT2D eigenvalue weighted by molar-refractivity contribution is 0.142. The van der Waals surface area contributed by atoms with Crippen molar-refractivity contribution in [2.45, 2.75) is 39.8 Å². The van der Waals surface area contributed by atoms with Crippen molar-refractivity contribution in [3.05, 3.63) is 47.8 Å². The van der Waals surface area contributed by atoms with Crippen LogP contribution in [0, 0.1) is 6.92 Å². The van der Waals surface area contributed by atoms with Crippen LogP contribution in [0.4, 0.5) is 5.95 Å². The Labute approximate surface area is 127 Å². The quantitative estimate of drug-likeness (QED) is 0.751. The van der Waals surface area contributed by atoms with Crippen molar-refractivity contribution in [2.75, 3.05) is 18.5 Å². The Kier molecular flexibility index (Phi) is 5.81. The van der Waals surface area contributed by atoms with Gasteiger partial charge in [-0.2, -0.15) is 0 Å². The molecule has 1 N–H and O–H groups in total. The molecule has 1 atom stereocenters. The molecule has 2 rings (SSSR count). The van der Waals surface area contributed by atoms with Crippen molar-refractivity contribution in [3.8, 4) is 0 Å². The minimum Gasteiger partial charge on any atom is -0.382 e. The smallest absolute Gasteiger partial charge is 0.203 e. The van der Waals surface area contributed by atoms with E-state index in [1.807, 2.05) is 19.3 Å². The van der Waals surface area contributed by atoms with Crippen LogP contribution in [-0.4, -0.2) is 22.8 Å². The van der Waals surface area contributed by atoms with Gasteiger partial charge in [-0.1, -0.05) is 24.3 Å². The third-order valence-electron chi connectivity index (χ3n) is 3.61. The molecule has 4 nitrogen and oxygen atoms in total. The zero-order valence-electron chi connectivity index (χ0n) is 13.2. The van der Waals surface area contributed by atoms with Gasteiger partial charge in [0.05, 0.1) is 6.04 Å². The monoisotopic (exact) mass is 287 g/mol. The van der Waals surface area contributed by atoms with Gasteiger partial charge in [0.1, 0.15) is 0 Å². The summed E-state index contributed by atoms with van der Waals surface area (Å²) in [5.74, 6) is 0.919. The van der Waals surface area contributed by atoms with Gasteiger partial charge in [-0.15, -0.1) is 0 Å². The number of nitrogens with one attached hydrogen (secondary N) is 1. The number of anilines is 1. The number of rotatable bonds is 8. The molecule has 0 bridgehead atoms. The Balaban J connectivity index is 1.97. The van der Waals surface area contributed by atoms with E-state index in [9.17, 15) is 0 Å². The van der Waals surface area contributed by atoms with E-state index < -0.39 is 0 Å². The summed E-state index contributed by atoms with van der Waals surface area (Å²) >= 11 is 0. The maximum Gasteiger partial charge on any atom is 0.203 e. The molecule has 2 aromatic rings. The number of aromatic nitrogens is 2. The molecule has 0 fully saturated rings. The van der Waals surface area contributed by atoms with Crippen molar-refractivity contribution < 1.29 is 4.74 Å². The van der Waals surface area contributed by atoms with Gasteiger partial charge in [-0.25, -0.2) is 4.98 Å². The van der Waals surface area contributed by atoms with E-state index in [2.05, 4.69) is 53.0 Å². The standard InChI is InChI=1S/C17H25N3O/c1-4-21-13-7-11-20-12-10-18-17(20)19-15(3)16-9-6-5-8-14(16)2/h5-6,8-10,12,15H,4,7,11,13H2,1-3H3,(H,18,19). The fourth-order valence-corrected chi connectivity index (χ4v) is 2.46. The van der Waals surface area contributed by atoms with Gasteiger partial charge in [0.2, 0.25) is 5.95 Å². The molecule has 4 heteroatoms. The van der Waals surface area contributed by atoms with Gasteiger partial charge in [0.15, 0.2) is 0 Å². The molecular formula is C17H25N3O. The van der Waals surface area contributed by atoms with Crippen LogP contribution in [-0.2, 0) is 11.3 Å². The van der Waals surface area contributed by atoms with Crippen LogP contribution in [0.15, 0.2) is 36.7 Å². The molecule has 0 radical (unpaired) electrons. The SMILES string of the molecule is CCOCCCn1ccnc1NC(C)c1ccccc1C. The molecule has 0 aliphatic heterocycles. The fraction of sp³-hybridized carbons (Fsp3) is 0.471. The zero-order chi connectivity index (χ0) is 15.1. The highest BCUT2D eigenvalue weighted by Crippen LogP contribution is 2.21. The van der Waals surface area contributed by atoms with Crippen LogP contribution >= 0.6 is 0 Å². The summed E-state index contributed by atoms with van der Waals surface area (Å²) in [5, 5.41) is 3.50. The minimum atomic E-state index is 0.235. The largest absolute Gasteiger partial charge is 0.382 e. The topological polar surface area (TPSA) is 39.1 Å².